The number of aromatic nitrogens is 2. The average molecular weight is 369 g/mol. The Balaban J connectivity index is 1.93. The molecule has 0 atom stereocenters. The monoisotopic (exact) mass is 369 g/mol. The number of benzene rings is 1. The molecule has 0 spiro atoms. The number of carbonyl (C=O) groups is 2. The Labute approximate surface area is 154 Å². The van der Waals surface area contributed by atoms with Crippen LogP contribution in [-0.2, 0) is 17.6 Å². The van der Waals surface area contributed by atoms with Crippen LogP contribution in [0.1, 0.15) is 40.5 Å². The van der Waals surface area contributed by atoms with Crippen LogP contribution >= 0.6 is 11.3 Å². The smallest absolute Gasteiger partial charge is 0.354 e. The second kappa shape index (κ2) is 5.95. The lowest BCUT2D eigenvalue weighted by molar-refractivity contribution is -0.116. The maximum atomic E-state index is 11.9. The van der Waals surface area contributed by atoms with Crippen LogP contribution in [0.3, 0.4) is 0 Å². The van der Waals surface area contributed by atoms with Crippen molar-refractivity contribution in [2.45, 2.75) is 33.6 Å². The predicted octanol–water partition coefficient (Wildman–Crippen LogP) is 3.54. The average Bonchev–Trinajstić information content (AvgIpc) is 3.23. The van der Waals surface area contributed by atoms with Gasteiger partial charge in [0.2, 0.25) is 5.91 Å². The van der Waals surface area contributed by atoms with E-state index in [4.69, 9.17) is 0 Å². The number of fused-ring (bicyclic) bond motifs is 2. The lowest BCUT2D eigenvalue weighted by Crippen LogP contribution is -2.25. The van der Waals surface area contributed by atoms with E-state index in [1.807, 2.05) is 26.0 Å². The SMILES string of the molecule is CCc1nc2sc(C)c(-c3ccc4c(c3)CCN4C(C)=O)n2c1C(=O)O. The number of carboxylic acids is 1. The standard InChI is InChI=1S/C19H19N3O3S/c1-4-14-17(18(24)25)22-16(10(2)26-19(22)20-14)13-5-6-15-12(9-13)7-8-21(15)11(3)23/h5-6,9H,4,7-8H2,1-3H3,(H,24,25). The van der Waals surface area contributed by atoms with Gasteiger partial charge in [0.1, 0.15) is 0 Å². The molecule has 1 N–H and O–H groups in total. The van der Waals surface area contributed by atoms with E-state index in [0.29, 0.717) is 23.6 Å². The molecule has 1 amide bonds. The molecule has 0 saturated heterocycles. The molecule has 1 aliphatic rings. The van der Waals surface area contributed by atoms with Crippen molar-refractivity contribution in [3.05, 3.63) is 40.0 Å². The molecule has 0 radical (unpaired) electrons. The zero-order valence-electron chi connectivity index (χ0n) is 14.9. The molecule has 1 aromatic carbocycles. The minimum Gasteiger partial charge on any atom is -0.477 e. The van der Waals surface area contributed by atoms with Gasteiger partial charge < -0.3 is 10.0 Å². The fourth-order valence-electron chi connectivity index (χ4n) is 3.74. The quantitative estimate of drug-likeness (QED) is 0.766. The summed E-state index contributed by atoms with van der Waals surface area (Å²) in [5, 5.41) is 9.71. The lowest BCUT2D eigenvalue weighted by atomic mass is 10.0. The Morgan fingerprint density at radius 1 is 1.35 bits per heavy atom. The van der Waals surface area contributed by atoms with Crippen LogP contribution in [0.2, 0.25) is 0 Å². The van der Waals surface area contributed by atoms with Crippen molar-refractivity contribution in [1.82, 2.24) is 9.38 Å². The minimum absolute atomic E-state index is 0.0426. The molecule has 0 saturated carbocycles. The molecular weight excluding hydrogens is 350 g/mol. The first kappa shape index (κ1) is 16.8. The van der Waals surface area contributed by atoms with Crippen LogP contribution in [0.25, 0.3) is 16.2 Å². The summed E-state index contributed by atoms with van der Waals surface area (Å²) in [4.78, 5) is 31.6. The Hall–Kier alpha value is -2.67. The number of carbonyl (C=O) groups excluding carboxylic acids is 1. The summed E-state index contributed by atoms with van der Waals surface area (Å²) in [6.45, 7) is 6.17. The molecule has 3 heterocycles. The molecule has 3 aromatic rings. The second-order valence-corrected chi connectivity index (χ2v) is 7.64. The van der Waals surface area contributed by atoms with E-state index in [0.717, 1.165) is 33.8 Å². The van der Waals surface area contributed by atoms with Gasteiger partial charge >= 0.3 is 5.97 Å². The number of rotatable bonds is 3. The number of aryl methyl sites for hydroxylation is 2. The van der Waals surface area contributed by atoms with Gasteiger partial charge in [0.05, 0.1) is 11.4 Å². The number of anilines is 1. The van der Waals surface area contributed by atoms with E-state index in [1.54, 1.807) is 16.2 Å². The molecule has 0 unspecified atom stereocenters. The summed E-state index contributed by atoms with van der Waals surface area (Å²) in [6.07, 6.45) is 1.39. The number of amides is 1. The molecule has 0 bridgehead atoms. The molecular formula is C19H19N3O3S. The van der Waals surface area contributed by atoms with Crippen molar-refractivity contribution in [3.63, 3.8) is 0 Å². The Morgan fingerprint density at radius 2 is 2.12 bits per heavy atom. The van der Waals surface area contributed by atoms with Crippen LogP contribution in [0, 0.1) is 6.92 Å². The van der Waals surface area contributed by atoms with Crippen molar-refractivity contribution >= 4 is 33.9 Å². The highest BCUT2D eigenvalue weighted by atomic mass is 32.1. The third kappa shape index (κ3) is 2.34. The molecule has 1 aliphatic heterocycles. The Morgan fingerprint density at radius 3 is 2.77 bits per heavy atom. The summed E-state index contributed by atoms with van der Waals surface area (Å²) < 4.78 is 1.76. The Kier molecular flexibility index (Phi) is 3.84. The first-order valence-corrected chi connectivity index (χ1v) is 9.39. The summed E-state index contributed by atoms with van der Waals surface area (Å²) in [6, 6.07) is 6.00. The van der Waals surface area contributed by atoms with E-state index < -0.39 is 5.97 Å². The fourth-order valence-corrected chi connectivity index (χ4v) is 4.75. The van der Waals surface area contributed by atoms with Crippen molar-refractivity contribution in [1.29, 1.82) is 0 Å². The third-order valence-electron chi connectivity index (χ3n) is 4.89. The minimum atomic E-state index is -0.961. The number of hydrogen-bond acceptors (Lipinski definition) is 4. The second-order valence-electron chi connectivity index (χ2n) is 6.45. The zero-order valence-corrected chi connectivity index (χ0v) is 15.7. The van der Waals surface area contributed by atoms with Gasteiger partial charge in [-0.2, -0.15) is 0 Å². The van der Waals surface area contributed by atoms with Crippen LogP contribution in [0.15, 0.2) is 18.2 Å². The molecule has 6 nitrogen and oxygen atoms in total. The lowest BCUT2D eigenvalue weighted by Gasteiger charge is -2.15. The number of nitrogens with zero attached hydrogens (tertiary/aromatic N) is 3. The summed E-state index contributed by atoms with van der Waals surface area (Å²) in [7, 11) is 0. The molecule has 26 heavy (non-hydrogen) atoms. The number of thiazole rings is 1. The summed E-state index contributed by atoms with van der Waals surface area (Å²) in [5.74, 6) is -0.918. The van der Waals surface area contributed by atoms with Crippen LogP contribution < -0.4 is 4.90 Å². The van der Waals surface area contributed by atoms with Gasteiger partial charge in [0.15, 0.2) is 10.7 Å². The molecule has 2 aromatic heterocycles. The van der Waals surface area contributed by atoms with E-state index in [2.05, 4.69) is 11.1 Å². The highest BCUT2D eigenvalue weighted by molar-refractivity contribution is 7.17. The van der Waals surface area contributed by atoms with E-state index in [1.165, 1.54) is 11.3 Å². The van der Waals surface area contributed by atoms with Crippen molar-refractivity contribution in [2.24, 2.45) is 0 Å². The van der Waals surface area contributed by atoms with Gasteiger partial charge in [-0.1, -0.05) is 13.0 Å². The largest absolute Gasteiger partial charge is 0.477 e. The van der Waals surface area contributed by atoms with Gasteiger partial charge in [-0.3, -0.25) is 9.20 Å². The predicted molar refractivity (Wildman–Crippen MR) is 101 cm³/mol. The van der Waals surface area contributed by atoms with Gasteiger partial charge in [0, 0.05) is 29.6 Å². The highest BCUT2D eigenvalue weighted by Crippen LogP contribution is 2.37. The fraction of sp³-hybridized carbons (Fsp3) is 0.316. The first-order chi connectivity index (χ1) is 12.4. The third-order valence-corrected chi connectivity index (χ3v) is 5.84. The van der Waals surface area contributed by atoms with Crippen LogP contribution in [0.5, 0.6) is 0 Å². The maximum Gasteiger partial charge on any atom is 0.354 e. The molecule has 134 valence electrons. The number of hydrogen-bond donors (Lipinski definition) is 1. The number of carboxylic acid groups (broad SMARTS) is 1. The van der Waals surface area contributed by atoms with Crippen molar-refractivity contribution in [3.8, 4) is 11.3 Å². The molecule has 7 heteroatoms. The normalized spacial score (nSPS) is 13.4. The van der Waals surface area contributed by atoms with Gasteiger partial charge in [0.25, 0.3) is 0 Å². The highest BCUT2D eigenvalue weighted by Gasteiger charge is 2.26. The van der Waals surface area contributed by atoms with E-state index in [-0.39, 0.29) is 11.6 Å². The Bertz CT molecular complexity index is 1060. The van der Waals surface area contributed by atoms with Crippen molar-refractivity contribution in [2.75, 3.05) is 11.4 Å². The zero-order chi connectivity index (χ0) is 18.6. The topological polar surface area (TPSA) is 74.9 Å². The summed E-state index contributed by atoms with van der Waals surface area (Å²) in [5.41, 5.74) is 4.74. The van der Waals surface area contributed by atoms with Gasteiger partial charge in [-0.05, 0) is 37.5 Å². The van der Waals surface area contributed by atoms with Gasteiger partial charge in [-0.15, -0.1) is 11.3 Å². The van der Waals surface area contributed by atoms with Crippen molar-refractivity contribution < 1.29 is 14.7 Å². The van der Waals surface area contributed by atoms with Crippen LogP contribution in [0.4, 0.5) is 5.69 Å². The maximum absolute atomic E-state index is 11.9. The van der Waals surface area contributed by atoms with E-state index in [9.17, 15) is 14.7 Å². The van der Waals surface area contributed by atoms with Gasteiger partial charge in [-0.25, -0.2) is 9.78 Å². The first-order valence-electron chi connectivity index (χ1n) is 8.57. The number of imidazole rings is 1. The van der Waals surface area contributed by atoms with Crippen LogP contribution in [-0.4, -0.2) is 32.9 Å². The molecule has 0 aliphatic carbocycles. The van der Waals surface area contributed by atoms with E-state index >= 15 is 0 Å². The number of aromatic carboxylic acids is 1. The molecule has 4 rings (SSSR count). The molecule has 0 fully saturated rings. The summed E-state index contributed by atoms with van der Waals surface area (Å²) >= 11 is 1.50.